The molecule has 2 aliphatic heterocycles. The number of para-hydroxylation sites is 1. The molecule has 0 radical (unpaired) electrons. The SMILES string of the molecule is O=C1NC(=O)C(c2cn(CCCN3CCOCC3)c3ccc(Br)cc23)=C1c1c[nH]c2ccccc12. The van der Waals surface area contributed by atoms with Gasteiger partial charge in [0, 0.05) is 76.0 Å². The molecule has 6 rings (SSSR count). The van der Waals surface area contributed by atoms with Gasteiger partial charge in [0.1, 0.15) is 0 Å². The van der Waals surface area contributed by atoms with Crippen LogP contribution in [0.4, 0.5) is 0 Å². The fourth-order valence-electron chi connectivity index (χ4n) is 5.19. The number of aromatic amines is 1. The normalized spacial score (nSPS) is 17.2. The van der Waals surface area contributed by atoms with Crippen molar-refractivity contribution in [1.29, 1.82) is 0 Å². The molecule has 4 heterocycles. The number of aromatic nitrogens is 2. The number of carbonyl (C=O) groups excluding carboxylic acids is 2. The molecule has 0 aliphatic carbocycles. The lowest BCUT2D eigenvalue weighted by Gasteiger charge is -2.26. The number of H-pyrrole nitrogens is 1. The third kappa shape index (κ3) is 4.01. The summed E-state index contributed by atoms with van der Waals surface area (Å²) in [4.78, 5) is 31.8. The summed E-state index contributed by atoms with van der Waals surface area (Å²) in [5.74, 6) is -0.722. The number of nitrogens with one attached hydrogen (secondary N) is 2. The highest BCUT2D eigenvalue weighted by molar-refractivity contribution is 9.10. The van der Waals surface area contributed by atoms with Crippen molar-refractivity contribution in [3.05, 3.63) is 70.5 Å². The first kappa shape index (κ1) is 22.3. The summed E-state index contributed by atoms with van der Waals surface area (Å²) < 4.78 is 8.58. The van der Waals surface area contributed by atoms with Gasteiger partial charge in [-0.3, -0.25) is 19.8 Å². The van der Waals surface area contributed by atoms with E-state index in [-0.39, 0.29) is 11.8 Å². The van der Waals surface area contributed by atoms with E-state index >= 15 is 0 Å². The summed E-state index contributed by atoms with van der Waals surface area (Å²) in [5.41, 5.74) is 4.32. The number of hydrogen-bond acceptors (Lipinski definition) is 4. The van der Waals surface area contributed by atoms with E-state index in [9.17, 15) is 9.59 Å². The number of nitrogens with zero attached hydrogens (tertiary/aromatic N) is 2. The summed E-state index contributed by atoms with van der Waals surface area (Å²) >= 11 is 3.59. The van der Waals surface area contributed by atoms with E-state index in [0.717, 1.165) is 83.2 Å². The molecule has 0 bridgehead atoms. The molecule has 4 aromatic rings. The molecule has 2 amide bonds. The second-order valence-electron chi connectivity index (χ2n) is 8.99. The predicted octanol–water partition coefficient (Wildman–Crippen LogP) is 4.17. The topological polar surface area (TPSA) is 79.4 Å². The Labute approximate surface area is 210 Å². The lowest BCUT2D eigenvalue weighted by Crippen LogP contribution is -2.37. The molecule has 2 N–H and O–H groups in total. The van der Waals surface area contributed by atoms with E-state index in [1.165, 1.54) is 0 Å². The van der Waals surface area contributed by atoms with Crippen molar-refractivity contribution in [2.24, 2.45) is 0 Å². The standard InChI is InChI=1S/C27H25BrN4O3/c28-17-6-7-23-19(14-17)21(16-32(23)9-3-8-31-10-12-35-13-11-31)25-24(26(33)30-27(25)34)20-15-29-22-5-2-1-4-18(20)22/h1-2,4-7,14-16,29H,3,8-13H2,(H,30,33,34). The number of aryl methyl sites for hydroxylation is 1. The number of amides is 2. The molecule has 0 saturated carbocycles. The van der Waals surface area contributed by atoms with Crippen molar-refractivity contribution in [2.75, 3.05) is 32.8 Å². The summed E-state index contributed by atoms with van der Waals surface area (Å²) in [6.45, 7) is 5.33. The lowest BCUT2D eigenvalue weighted by molar-refractivity contribution is -0.122. The van der Waals surface area contributed by atoms with Gasteiger partial charge in [0.05, 0.1) is 24.4 Å². The molecule has 1 saturated heterocycles. The van der Waals surface area contributed by atoms with Gasteiger partial charge in [0.2, 0.25) is 0 Å². The first-order valence-corrected chi connectivity index (χ1v) is 12.6. The highest BCUT2D eigenvalue weighted by Gasteiger charge is 2.35. The monoisotopic (exact) mass is 532 g/mol. The zero-order valence-corrected chi connectivity index (χ0v) is 20.7. The van der Waals surface area contributed by atoms with E-state index in [2.05, 4.69) is 41.8 Å². The van der Waals surface area contributed by atoms with Gasteiger partial charge in [0.15, 0.2) is 0 Å². The van der Waals surface area contributed by atoms with Crippen molar-refractivity contribution < 1.29 is 14.3 Å². The van der Waals surface area contributed by atoms with Crippen LogP contribution < -0.4 is 5.32 Å². The Morgan fingerprint density at radius 1 is 0.914 bits per heavy atom. The Bertz CT molecular complexity index is 1490. The maximum Gasteiger partial charge on any atom is 0.259 e. The smallest absolute Gasteiger partial charge is 0.259 e. The van der Waals surface area contributed by atoms with Crippen molar-refractivity contribution in [2.45, 2.75) is 13.0 Å². The molecule has 1 fully saturated rings. The maximum absolute atomic E-state index is 13.1. The molecule has 2 aromatic heterocycles. The Morgan fingerprint density at radius 2 is 1.69 bits per heavy atom. The van der Waals surface area contributed by atoms with E-state index in [1.807, 2.05) is 48.8 Å². The van der Waals surface area contributed by atoms with Crippen molar-refractivity contribution >= 4 is 60.7 Å². The fraction of sp³-hybridized carbons (Fsp3) is 0.259. The third-order valence-electron chi connectivity index (χ3n) is 6.88. The van der Waals surface area contributed by atoms with Crippen LogP contribution in [0.5, 0.6) is 0 Å². The summed E-state index contributed by atoms with van der Waals surface area (Å²) in [5, 5.41) is 4.40. The minimum Gasteiger partial charge on any atom is -0.379 e. The second-order valence-corrected chi connectivity index (χ2v) is 9.90. The average Bonchev–Trinajstić information content (AvgIpc) is 3.52. The summed E-state index contributed by atoms with van der Waals surface area (Å²) in [6, 6.07) is 13.9. The number of rotatable bonds is 6. The number of hydrogen-bond donors (Lipinski definition) is 2. The summed E-state index contributed by atoms with van der Waals surface area (Å²) in [6.07, 6.45) is 4.83. The van der Waals surface area contributed by atoms with Crippen LogP contribution in [0.2, 0.25) is 0 Å². The molecule has 2 aliphatic rings. The zero-order chi connectivity index (χ0) is 23.9. The number of benzene rings is 2. The van der Waals surface area contributed by atoms with Crippen LogP contribution in [0.25, 0.3) is 33.0 Å². The maximum atomic E-state index is 13.1. The summed E-state index contributed by atoms with van der Waals surface area (Å²) in [7, 11) is 0. The average molecular weight is 533 g/mol. The molecule has 7 nitrogen and oxygen atoms in total. The van der Waals surface area contributed by atoms with Gasteiger partial charge in [-0.15, -0.1) is 0 Å². The number of morpholine rings is 1. The highest BCUT2D eigenvalue weighted by Crippen LogP contribution is 2.39. The van der Waals surface area contributed by atoms with Gasteiger partial charge in [-0.2, -0.15) is 0 Å². The number of imide groups is 1. The van der Waals surface area contributed by atoms with Gasteiger partial charge in [-0.1, -0.05) is 34.1 Å². The molecular formula is C27H25BrN4O3. The largest absolute Gasteiger partial charge is 0.379 e. The molecular weight excluding hydrogens is 508 g/mol. The van der Waals surface area contributed by atoms with Crippen LogP contribution in [-0.2, 0) is 20.9 Å². The molecule has 2 aromatic carbocycles. The molecule has 0 atom stereocenters. The Balaban J connectivity index is 1.44. The Morgan fingerprint density at radius 3 is 2.51 bits per heavy atom. The quantitative estimate of drug-likeness (QED) is 0.365. The first-order chi connectivity index (χ1) is 17.1. The van der Waals surface area contributed by atoms with Gasteiger partial charge in [-0.25, -0.2) is 0 Å². The van der Waals surface area contributed by atoms with E-state index < -0.39 is 0 Å². The number of ether oxygens (including phenoxy) is 1. The minimum atomic E-state index is -0.363. The molecule has 35 heavy (non-hydrogen) atoms. The van der Waals surface area contributed by atoms with E-state index in [4.69, 9.17) is 4.74 Å². The van der Waals surface area contributed by atoms with E-state index in [0.29, 0.717) is 11.1 Å². The number of carbonyl (C=O) groups is 2. The Hall–Kier alpha value is -3.20. The van der Waals surface area contributed by atoms with Crippen LogP contribution in [0.3, 0.4) is 0 Å². The van der Waals surface area contributed by atoms with Gasteiger partial charge in [-0.05, 0) is 30.7 Å². The fourth-order valence-corrected chi connectivity index (χ4v) is 5.55. The third-order valence-corrected chi connectivity index (χ3v) is 7.37. The zero-order valence-electron chi connectivity index (χ0n) is 19.1. The van der Waals surface area contributed by atoms with Crippen LogP contribution in [0.15, 0.2) is 59.3 Å². The van der Waals surface area contributed by atoms with Gasteiger partial charge >= 0.3 is 0 Å². The van der Waals surface area contributed by atoms with Crippen molar-refractivity contribution in [3.63, 3.8) is 0 Å². The van der Waals surface area contributed by atoms with Gasteiger partial charge < -0.3 is 14.3 Å². The first-order valence-electron chi connectivity index (χ1n) is 11.9. The van der Waals surface area contributed by atoms with Crippen molar-refractivity contribution in [1.82, 2.24) is 19.8 Å². The molecule has 0 unspecified atom stereocenters. The molecule has 8 heteroatoms. The predicted molar refractivity (Wildman–Crippen MR) is 140 cm³/mol. The minimum absolute atomic E-state index is 0.359. The lowest BCUT2D eigenvalue weighted by atomic mass is 9.95. The van der Waals surface area contributed by atoms with Crippen LogP contribution in [0, 0.1) is 0 Å². The van der Waals surface area contributed by atoms with Crippen LogP contribution in [-0.4, -0.2) is 59.1 Å². The van der Waals surface area contributed by atoms with Crippen LogP contribution in [0.1, 0.15) is 17.5 Å². The molecule has 178 valence electrons. The van der Waals surface area contributed by atoms with Crippen molar-refractivity contribution in [3.8, 4) is 0 Å². The highest BCUT2D eigenvalue weighted by atomic mass is 79.9. The number of fused-ring (bicyclic) bond motifs is 2. The van der Waals surface area contributed by atoms with E-state index in [1.54, 1.807) is 0 Å². The van der Waals surface area contributed by atoms with Gasteiger partial charge in [0.25, 0.3) is 11.8 Å². The Kier molecular flexibility index (Phi) is 5.80. The van der Waals surface area contributed by atoms with Crippen LogP contribution >= 0.6 is 15.9 Å². The number of halogens is 1. The second kappa shape index (κ2) is 9.11. The molecule has 0 spiro atoms.